The van der Waals surface area contributed by atoms with Crippen LogP contribution in [0.4, 0.5) is 0 Å². The van der Waals surface area contributed by atoms with Crippen LogP contribution in [0.15, 0.2) is 60.7 Å². The van der Waals surface area contributed by atoms with Crippen molar-refractivity contribution in [1.82, 2.24) is 15.5 Å². The number of carbonyl (C=O) groups excluding carboxylic acids is 2. The number of carboxylic acid groups (broad SMARTS) is 1. The van der Waals surface area contributed by atoms with E-state index < -0.39 is 18.1 Å². The lowest BCUT2D eigenvalue weighted by Crippen LogP contribution is -2.52. The highest BCUT2D eigenvalue weighted by molar-refractivity contribution is 7.81. The zero-order valence-corrected chi connectivity index (χ0v) is 19.6. The van der Waals surface area contributed by atoms with E-state index in [9.17, 15) is 19.5 Å². The highest BCUT2D eigenvalue weighted by atomic mass is 32.1. The zero-order chi connectivity index (χ0) is 23.8. The number of hydrogen-bond donors (Lipinski definition) is 4. The lowest BCUT2D eigenvalue weighted by molar-refractivity contribution is -0.148. The molecule has 33 heavy (non-hydrogen) atoms. The Hall–Kier alpha value is -2.84. The molecule has 0 radical (unpaired) electrons. The molecule has 1 unspecified atom stereocenters. The maximum atomic E-state index is 12.8. The van der Waals surface area contributed by atoms with Crippen LogP contribution in [-0.4, -0.2) is 64.3 Å². The van der Waals surface area contributed by atoms with E-state index in [1.807, 2.05) is 48.5 Å². The molecule has 1 heterocycles. The highest BCUT2D eigenvalue weighted by Gasteiger charge is 2.36. The van der Waals surface area contributed by atoms with Gasteiger partial charge in [-0.25, -0.2) is 4.79 Å². The lowest BCUT2D eigenvalue weighted by atomic mass is 10.0. The third-order valence-corrected chi connectivity index (χ3v) is 6.48. The molecule has 8 heteroatoms. The van der Waals surface area contributed by atoms with Gasteiger partial charge in [-0.2, -0.15) is 12.6 Å². The molecule has 2 amide bonds. The Kier molecular flexibility index (Phi) is 8.91. The number of amides is 2. The van der Waals surface area contributed by atoms with E-state index in [2.05, 4.69) is 10.6 Å². The second-order valence-electron chi connectivity index (χ2n) is 8.36. The van der Waals surface area contributed by atoms with Crippen LogP contribution in [0.3, 0.4) is 0 Å². The van der Waals surface area contributed by atoms with Crippen LogP contribution in [0.1, 0.15) is 35.7 Å². The van der Waals surface area contributed by atoms with Gasteiger partial charge in [0.2, 0.25) is 5.91 Å². The fourth-order valence-electron chi connectivity index (χ4n) is 4.06. The van der Waals surface area contributed by atoms with Gasteiger partial charge in [-0.1, -0.05) is 48.5 Å². The molecule has 176 valence electrons. The molecule has 4 atom stereocenters. The molecule has 3 N–H and O–H groups in total. The van der Waals surface area contributed by atoms with Gasteiger partial charge in [-0.05, 0) is 43.9 Å². The largest absolute Gasteiger partial charge is 0.480 e. The summed E-state index contributed by atoms with van der Waals surface area (Å²) < 4.78 is 0. The van der Waals surface area contributed by atoms with Crippen LogP contribution < -0.4 is 10.6 Å². The summed E-state index contributed by atoms with van der Waals surface area (Å²) in [6.45, 7) is 2.55. The summed E-state index contributed by atoms with van der Waals surface area (Å²) in [5.41, 5.74) is 1.64. The Morgan fingerprint density at radius 2 is 1.73 bits per heavy atom. The monoisotopic (exact) mass is 469 g/mol. The molecule has 1 aliphatic heterocycles. The number of hydrogen-bond acceptors (Lipinski definition) is 5. The number of likely N-dealkylation sites (tertiary alicyclic amines) is 1. The van der Waals surface area contributed by atoms with Crippen LogP contribution in [0.25, 0.3) is 0 Å². The lowest BCUT2D eigenvalue weighted by Gasteiger charge is -2.28. The van der Waals surface area contributed by atoms with Crippen LogP contribution >= 0.6 is 12.6 Å². The smallest absolute Gasteiger partial charge is 0.326 e. The maximum Gasteiger partial charge on any atom is 0.326 e. The molecule has 0 bridgehead atoms. The molecule has 2 aromatic carbocycles. The highest BCUT2D eigenvalue weighted by Crippen LogP contribution is 2.19. The standard InChI is InChI=1S/C25H31N3O4S/c1-17(24(30)28-14-8-13-21(28)25(31)32)26-16-22(33)20(15-18-9-4-2-5-10-18)27-23(29)19-11-6-3-7-12-19/h2-7,9-12,17,20-22,26,33H,8,13-16H2,1H3,(H,27,29)(H,31,32)/t17-,20-,21-,22?/m0/s1. The molecular weight excluding hydrogens is 438 g/mol. The predicted molar refractivity (Wildman–Crippen MR) is 130 cm³/mol. The average Bonchev–Trinajstić information content (AvgIpc) is 3.33. The first kappa shape index (κ1) is 24.8. The molecule has 1 saturated heterocycles. The van der Waals surface area contributed by atoms with Crippen LogP contribution in [0.2, 0.25) is 0 Å². The van der Waals surface area contributed by atoms with Crippen LogP contribution in [-0.2, 0) is 16.0 Å². The van der Waals surface area contributed by atoms with Crippen molar-refractivity contribution in [3.63, 3.8) is 0 Å². The quantitative estimate of drug-likeness (QED) is 0.401. The van der Waals surface area contributed by atoms with Crippen molar-refractivity contribution in [1.29, 1.82) is 0 Å². The molecule has 1 aliphatic rings. The van der Waals surface area contributed by atoms with Crippen molar-refractivity contribution in [3.05, 3.63) is 71.8 Å². The van der Waals surface area contributed by atoms with Gasteiger partial charge < -0.3 is 20.6 Å². The maximum absolute atomic E-state index is 12.8. The van der Waals surface area contributed by atoms with Crippen molar-refractivity contribution < 1.29 is 19.5 Å². The number of rotatable bonds is 10. The fraction of sp³-hybridized carbons (Fsp3) is 0.400. The van der Waals surface area contributed by atoms with Crippen LogP contribution in [0.5, 0.6) is 0 Å². The summed E-state index contributed by atoms with van der Waals surface area (Å²) in [4.78, 5) is 38.4. The minimum absolute atomic E-state index is 0.180. The van der Waals surface area contributed by atoms with Crippen molar-refractivity contribution in [2.45, 2.75) is 49.6 Å². The molecule has 0 aliphatic carbocycles. The van der Waals surface area contributed by atoms with Gasteiger partial charge in [0.15, 0.2) is 0 Å². The topological polar surface area (TPSA) is 98.7 Å². The number of nitrogens with zero attached hydrogens (tertiary/aromatic N) is 1. The Balaban J connectivity index is 1.63. The van der Waals surface area contributed by atoms with E-state index in [-0.39, 0.29) is 23.1 Å². The van der Waals surface area contributed by atoms with Crippen molar-refractivity contribution in [3.8, 4) is 0 Å². The van der Waals surface area contributed by atoms with Crippen LogP contribution in [0, 0.1) is 0 Å². The summed E-state index contributed by atoms with van der Waals surface area (Å²) in [7, 11) is 0. The van der Waals surface area contributed by atoms with Gasteiger partial charge in [0, 0.05) is 29.9 Å². The van der Waals surface area contributed by atoms with E-state index in [1.165, 1.54) is 4.90 Å². The van der Waals surface area contributed by atoms with E-state index in [1.54, 1.807) is 19.1 Å². The van der Waals surface area contributed by atoms with Crippen molar-refractivity contribution >= 4 is 30.4 Å². The molecule has 0 saturated carbocycles. The Morgan fingerprint density at radius 3 is 2.36 bits per heavy atom. The summed E-state index contributed by atoms with van der Waals surface area (Å²) >= 11 is 4.75. The van der Waals surface area contributed by atoms with E-state index in [0.717, 1.165) is 5.56 Å². The summed E-state index contributed by atoms with van der Waals surface area (Å²) in [6, 6.07) is 17.3. The molecule has 1 fully saturated rings. The Bertz CT molecular complexity index is 941. The summed E-state index contributed by atoms with van der Waals surface area (Å²) in [6.07, 6.45) is 1.76. The average molecular weight is 470 g/mol. The second kappa shape index (κ2) is 11.9. The van der Waals surface area contributed by atoms with Gasteiger partial charge in [-0.3, -0.25) is 9.59 Å². The SMILES string of the molecule is C[C@H](NCC(S)[C@H](Cc1ccccc1)NC(=O)c1ccccc1)C(=O)N1CCC[C@H]1C(=O)O. The van der Waals surface area contributed by atoms with E-state index in [0.29, 0.717) is 37.9 Å². The molecule has 2 aromatic rings. The first-order chi connectivity index (χ1) is 15.9. The summed E-state index contributed by atoms with van der Waals surface area (Å²) in [5, 5.41) is 15.3. The number of nitrogens with one attached hydrogen (secondary N) is 2. The Labute approximate surface area is 200 Å². The minimum atomic E-state index is -0.966. The number of thiol groups is 1. The third kappa shape index (κ3) is 6.82. The molecule has 0 spiro atoms. The van der Waals surface area contributed by atoms with Gasteiger partial charge >= 0.3 is 5.97 Å². The number of aliphatic carboxylic acids is 1. The summed E-state index contributed by atoms with van der Waals surface area (Å²) in [5.74, 6) is -1.37. The number of carbonyl (C=O) groups is 3. The first-order valence-corrected chi connectivity index (χ1v) is 11.7. The fourth-order valence-corrected chi connectivity index (χ4v) is 4.34. The predicted octanol–water partition coefficient (Wildman–Crippen LogP) is 2.38. The molecule has 0 aromatic heterocycles. The van der Waals surface area contributed by atoms with E-state index in [4.69, 9.17) is 12.6 Å². The third-order valence-electron chi connectivity index (χ3n) is 5.94. The normalized spacial score (nSPS) is 18.4. The number of benzene rings is 2. The minimum Gasteiger partial charge on any atom is -0.480 e. The molecule has 3 rings (SSSR count). The van der Waals surface area contributed by atoms with Crippen molar-refractivity contribution in [2.75, 3.05) is 13.1 Å². The Morgan fingerprint density at radius 1 is 1.09 bits per heavy atom. The number of carboxylic acids is 1. The molecular formula is C25H31N3O4S. The zero-order valence-electron chi connectivity index (χ0n) is 18.7. The van der Waals surface area contributed by atoms with E-state index >= 15 is 0 Å². The van der Waals surface area contributed by atoms with Gasteiger partial charge in [0.1, 0.15) is 6.04 Å². The first-order valence-electron chi connectivity index (χ1n) is 11.2. The van der Waals surface area contributed by atoms with Crippen molar-refractivity contribution in [2.24, 2.45) is 0 Å². The van der Waals surface area contributed by atoms with Gasteiger partial charge in [-0.15, -0.1) is 0 Å². The molecule has 7 nitrogen and oxygen atoms in total. The van der Waals surface area contributed by atoms with Gasteiger partial charge in [0.05, 0.1) is 6.04 Å². The van der Waals surface area contributed by atoms with Gasteiger partial charge in [0.25, 0.3) is 5.91 Å². The second-order valence-corrected chi connectivity index (χ2v) is 9.02.